The number of halogens is 1. The van der Waals surface area contributed by atoms with E-state index in [1.165, 1.54) is 11.3 Å². The molecule has 4 rings (SSSR count). The van der Waals surface area contributed by atoms with Crippen LogP contribution in [0.15, 0.2) is 53.0 Å². The van der Waals surface area contributed by atoms with E-state index in [4.69, 9.17) is 4.74 Å². The van der Waals surface area contributed by atoms with Crippen LogP contribution < -0.4 is 15.0 Å². The number of nitrogens with one attached hydrogen (secondary N) is 1. The molecule has 1 unspecified atom stereocenters. The van der Waals surface area contributed by atoms with Gasteiger partial charge in [0, 0.05) is 34.1 Å². The monoisotopic (exact) mass is 426 g/mol. The minimum Gasteiger partial charge on any atom is -0.496 e. The number of methoxy groups -OCH3 is 1. The summed E-state index contributed by atoms with van der Waals surface area (Å²) in [6, 6.07) is 14.3. The molecule has 2 aromatic rings. The van der Waals surface area contributed by atoms with E-state index in [-0.39, 0.29) is 11.3 Å². The van der Waals surface area contributed by atoms with Gasteiger partial charge in [0.1, 0.15) is 11.4 Å². The van der Waals surface area contributed by atoms with Crippen molar-refractivity contribution >= 4 is 33.6 Å². The van der Waals surface area contributed by atoms with Crippen LogP contribution in [0, 0.1) is 0 Å². The quantitative estimate of drug-likeness (QED) is 0.785. The molecular formula is C22H23BrN2O2. The topological polar surface area (TPSA) is 41.6 Å². The molecule has 0 radical (unpaired) electrons. The van der Waals surface area contributed by atoms with E-state index in [0.717, 1.165) is 15.8 Å². The fourth-order valence-corrected chi connectivity index (χ4v) is 4.74. The third-order valence-corrected chi connectivity index (χ3v) is 6.33. The predicted octanol–water partition coefficient (Wildman–Crippen LogP) is 4.48. The Morgan fingerprint density at radius 2 is 2.00 bits per heavy atom. The van der Waals surface area contributed by atoms with Gasteiger partial charge in [-0.1, -0.05) is 54.1 Å². The first-order chi connectivity index (χ1) is 12.9. The van der Waals surface area contributed by atoms with Gasteiger partial charge in [-0.2, -0.15) is 0 Å². The van der Waals surface area contributed by atoms with Gasteiger partial charge in [-0.25, -0.2) is 0 Å². The van der Waals surface area contributed by atoms with E-state index < -0.39 is 5.66 Å². The summed E-state index contributed by atoms with van der Waals surface area (Å²) in [4.78, 5) is 14.8. The second kappa shape index (κ2) is 6.41. The molecule has 1 fully saturated rings. The highest BCUT2D eigenvalue weighted by molar-refractivity contribution is 9.10. The first kappa shape index (κ1) is 18.1. The van der Waals surface area contributed by atoms with Crippen molar-refractivity contribution in [2.45, 2.75) is 31.3 Å². The van der Waals surface area contributed by atoms with E-state index in [1.807, 2.05) is 18.2 Å². The number of para-hydroxylation sites is 1. The molecule has 5 heteroatoms. The zero-order valence-corrected chi connectivity index (χ0v) is 17.3. The van der Waals surface area contributed by atoms with E-state index in [9.17, 15) is 4.79 Å². The number of nitrogens with zero attached hydrogens (tertiary/aromatic N) is 1. The van der Waals surface area contributed by atoms with Crippen LogP contribution in [0.3, 0.4) is 0 Å². The van der Waals surface area contributed by atoms with Gasteiger partial charge in [-0.15, -0.1) is 0 Å². The van der Waals surface area contributed by atoms with Gasteiger partial charge in [0.05, 0.1) is 7.11 Å². The molecule has 0 aromatic heterocycles. The molecule has 27 heavy (non-hydrogen) atoms. The van der Waals surface area contributed by atoms with Crippen molar-refractivity contribution in [1.29, 1.82) is 0 Å². The molecule has 0 aliphatic carbocycles. The van der Waals surface area contributed by atoms with Crippen molar-refractivity contribution in [1.82, 2.24) is 5.32 Å². The molecular weight excluding hydrogens is 404 g/mol. The standard InChI is InChI=1S/C22H23BrN2O2/c1-21(2)17-6-4-5-7-18(17)25-13-11-20(26)24-22(21,25)12-10-15-14-16(23)8-9-19(15)27-3/h4-10,12,14H,11,13H2,1-3H3,(H,24,26)/b12-10+. The van der Waals surface area contributed by atoms with Gasteiger partial charge in [0.25, 0.3) is 0 Å². The molecule has 1 N–H and O–H groups in total. The number of amides is 1. The molecule has 1 saturated heterocycles. The van der Waals surface area contributed by atoms with Crippen molar-refractivity contribution in [2.75, 3.05) is 18.6 Å². The Balaban J connectivity index is 1.86. The average molecular weight is 427 g/mol. The lowest BCUT2D eigenvalue weighted by Crippen LogP contribution is -2.68. The summed E-state index contributed by atoms with van der Waals surface area (Å²) in [5.41, 5.74) is 2.51. The molecule has 1 atom stereocenters. The maximum Gasteiger partial charge on any atom is 0.223 e. The second-order valence-corrected chi connectivity index (χ2v) is 8.49. The lowest BCUT2D eigenvalue weighted by Gasteiger charge is -2.49. The summed E-state index contributed by atoms with van der Waals surface area (Å²) in [5.74, 6) is 0.880. The number of rotatable bonds is 3. The smallest absolute Gasteiger partial charge is 0.223 e. The first-order valence-corrected chi connectivity index (χ1v) is 9.89. The maximum absolute atomic E-state index is 12.4. The van der Waals surface area contributed by atoms with Gasteiger partial charge in [0.15, 0.2) is 0 Å². The Kier molecular flexibility index (Phi) is 4.30. The van der Waals surface area contributed by atoms with Crippen LogP contribution in [-0.4, -0.2) is 25.2 Å². The van der Waals surface area contributed by atoms with Crippen molar-refractivity contribution in [3.63, 3.8) is 0 Å². The van der Waals surface area contributed by atoms with Gasteiger partial charge in [-0.05, 0) is 35.9 Å². The van der Waals surface area contributed by atoms with Crippen molar-refractivity contribution in [2.24, 2.45) is 0 Å². The van der Waals surface area contributed by atoms with E-state index in [2.05, 4.69) is 76.4 Å². The SMILES string of the molecule is COc1ccc(Br)cc1/C=C/C12NC(=O)CCN1c1ccccc1C2(C)C. The van der Waals surface area contributed by atoms with Crippen LogP contribution >= 0.6 is 15.9 Å². The molecule has 2 heterocycles. The summed E-state index contributed by atoms with van der Waals surface area (Å²) in [6.45, 7) is 5.09. The normalized spacial score (nSPS) is 23.1. The maximum atomic E-state index is 12.4. The summed E-state index contributed by atoms with van der Waals surface area (Å²) in [7, 11) is 1.67. The average Bonchev–Trinajstić information content (AvgIpc) is 2.85. The van der Waals surface area contributed by atoms with Crippen molar-refractivity contribution in [3.05, 3.63) is 64.1 Å². The third kappa shape index (κ3) is 2.67. The van der Waals surface area contributed by atoms with E-state index >= 15 is 0 Å². The number of hydrogen-bond acceptors (Lipinski definition) is 3. The Bertz CT molecular complexity index is 938. The Morgan fingerprint density at radius 1 is 1.22 bits per heavy atom. The highest BCUT2D eigenvalue weighted by Gasteiger charge is 2.57. The van der Waals surface area contributed by atoms with E-state index in [0.29, 0.717) is 13.0 Å². The van der Waals surface area contributed by atoms with Crippen LogP contribution in [0.2, 0.25) is 0 Å². The first-order valence-electron chi connectivity index (χ1n) is 9.10. The van der Waals surface area contributed by atoms with Crippen LogP contribution in [0.25, 0.3) is 6.08 Å². The minimum atomic E-state index is -0.612. The predicted molar refractivity (Wildman–Crippen MR) is 112 cm³/mol. The van der Waals surface area contributed by atoms with Gasteiger partial charge < -0.3 is 15.0 Å². The minimum absolute atomic E-state index is 0.0815. The van der Waals surface area contributed by atoms with Crippen molar-refractivity contribution in [3.8, 4) is 5.75 Å². The number of fused-ring (bicyclic) bond motifs is 3. The van der Waals surface area contributed by atoms with Crippen LogP contribution in [-0.2, 0) is 10.2 Å². The summed E-state index contributed by atoms with van der Waals surface area (Å²) in [6.07, 6.45) is 4.67. The van der Waals surface area contributed by atoms with Gasteiger partial charge >= 0.3 is 0 Å². The molecule has 0 bridgehead atoms. The van der Waals surface area contributed by atoms with Gasteiger partial charge in [0.2, 0.25) is 5.91 Å². The number of carbonyl (C=O) groups excluding carboxylic acids is 1. The second-order valence-electron chi connectivity index (χ2n) is 7.58. The van der Waals surface area contributed by atoms with Crippen LogP contribution in [0.4, 0.5) is 5.69 Å². The summed E-state index contributed by atoms with van der Waals surface area (Å²) in [5, 5.41) is 3.30. The molecule has 0 saturated carbocycles. The molecule has 2 aliphatic heterocycles. The number of hydrogen-bond donors (Lipinski definition) is 1. The molecule has 140 valence electrons. The van der Waals surface area contributed by atoms with Crippen molar-refractivity contribution < 1.29 is 9.53 Å². The number of ether oxygens (including phenoxy) is 1. The Morgan fingerprint density at radius 3 is 2.78 bits per heavy atom. The Hall–Kier alpha value is -2.27. The van der Waals surface area contributed by atoms with Gasteiger partial charge in [-0.3, -0.25) is 4.79 Å². The van der Waals surface area contributed by atoms with E-state index in [1.54, 1.807) is 7.11 Å². The fraction of sp³-hybridized carbons (Fsp3) is 0.318. The number of carbonyl (C=O) groups is 1. The molecule has 4 nitrogen and oxygen atoms in total. The summed E-state index contributed by atoms with van der Waals surface area (Å²) < 4.78 is 6.50. The zero-order chi connectivity index (χ0) is 19.2. The molecule has 2 aliphatic rings. The third-order valence-electron chi connectivity index (χ3n) is 5.84. The van der Waals surface area contributed by atoms with Crippen LogP contribution in [0.1, 0.15) is 31.4 Å². The fourth-order valence-electron chi connectivity index (χ4n) is 4.36. The molecule has 0 spiro atoms. The van der Waals surface area contributed by atoms with Crippen LogP contribution in [0.5, 0.6) is 5.75 Å². The Labute approximate surface area is 168 Å². The zero-order valence-electron chi connectivity index (χ0n) is 15.8. The lowest BCUT2D eigenvalue weighted by atomic mass is 9.74. The largest absolute Gasteiger partial charge is 0.496 e. The number of anilines is 1. The highest BCUT2D eigenvalue weighted by Crippen LogP contribution is 2.52. The summed E-state index contributed by atoms with van der Waals surface area (Å²) >= 11 is 3.53. The number of benzene rings is 2. The highest BCUT2D eigenvalue weighted by atomic mass is 79.9. The molecule has 1 amide bonds. The lowest BCUT2D eigenvalue weighted by molar-refractivity contribution is -0.124. The molecule has 2 aromatic carbocycles.